The molecule has 3 rings (SSSR count). The van der Waals surface area contributed by atoms with E-state index < -0.39 is 5.60 Å². The van der Waals surface area contributed by atoms with E-state index in [4.69, 9.17) is 4.74 Å². The van der Waals surface area contributed by atoms with E-state index in [1.807, 2.05) is 6.07 Å². The molecule has 2 aromatic carbocycles. The molecular weight excluding hydrogens is 360 g/mol. The number of nitrogens with one attached hydrogen (secondary N) is 2. The van der Waals surface area contributed by atoms with Gasteiger partial charge < -0.3 is 15.4 Å². The molecule has 2 amide bonds. The van der Waals surface area contributed by atoms with E-state index in [0.717, 1.165) is 0 Å². The molecule has 0 radical (unpaired) electrons. The summed E-state index contributed by atoms with van der Waals surface area (Å²) in [4.78, 5) is 24.5. The fourth-order valence-electron chi connectivity index (χ4n) is 2.27. The Morgan fingerprint density at radius 2 is 1.91 bits per heavy atom. The number of carbonyl (C=O) groups excluding carboxylic acids is 2. The number of ether oxygens (including phenoxy) is 1. The third-order valence-corrected chi connectivity index (χ3v) is 4.23. The van der Waals surface area contributed by atoms with Crippen LogP contribution >= 0.6 is 15.9 Å². The molecule has 2 N–H and O–H groups in total. The lowest BCUT2D eigenvalue weighted by Crippen LogP contribution is -2.45. The summed E-state index contributed by atoms with van der Waals surface area (Å²) in [6.07, 6.45) is 0. The van der Waals surface area contributed by atoms with Crippen molar-refractivity contribution in [1.82, 2.24) is 0 Å². The van der Waals surface area contributed by atoms with Crippen LogP contribution in [0.1, 0.15) is 24.2 Å². The average molecular weight is 375 g/mol. The highest BCUT2D eigenvalue weighted by Crippen LogP contribution is 2.39. The van der Waals surface area contributed by atoms with Crippen molar-refractivity contribution >= 4 is 39.1 Å². The molecule has 0 saturated heterocycles. The van der Waals surface area contributed by atoms with Gasteiger partial charge in [-0.15, -0.1) is 0 Å². The summed E-state index contributed by atoms with van der Waals surface area (Å²) >= 11 is 3.35. The van der Waals surface area contributed by atoms with Gasteiger partial charge in [0.05, 0.1) is 11.3 Å². The van der Waals surface area contributed by atoms with Crippen LogP contribution in [0, 0.1) is 0 Å². The van der Waals surface area contributed by atoms with E-state index in [9.17, 15) is 9.59 Å². The molecule has 0 bridgehead atoms. The Bertz CT molecular complexity index is 802. The normalized spacial score (nSPS) is 15.2. The van der Waals surface area contributed by atoms with Crippen molar-refractivity contribution in [2.45, 2.75) is 19.4 Å². The molecule has 0 unspecified atom stereocenters. The minimum absolute atomic E-state index is 0.257. The summed E-state index contributed by atoms with van der Waals surface area (Å²) in [6, 6.07) is 12.4. The third kappa shape index (κ3) is 2.94. The van der Waals surface area contributed by atoms with E-state index in [1.54, 1.807) is 50.2 Å². The summed E-state index contributed by atoms with van der Waals surface area (Å²) in [5, 5.41) is 5.61. The smallest absolute Gasteiger partial charge is 0.268 e. The molecule has 0 aliphatic carbocycles. The van der Waals surface area contributed by atoms with Crippen LogP contribution in [0.15, 0.2) is 46.9 Å². The number of rotatable bonds is 2. The summed E-state index contributed by atoms with van der Waals surface area (Å²) in [6.45, 7) is 3.38. The molecule has 1 heterocycles. The number of hydrogen-bond donors (Lipinski definition) is 2. The Balaban J connectivity index is 1.93. The number of anilines is 2. The molecule has 2 aromatic rings. The molecule has 23 heavy (non-hydrogen) atoms. The summed E-state index contributed by atoms with van der Waals surface area (Å²) < 4.78 is 6.41. The first-order valence-electron chi connectivity index (χ1n) is 7.08. The third-order valence-electron chi connectivity index (χ3n) is 3.54. The van der Waals surface area contributed by atoms with Crippen molar-refractivity contribution in [2.75, 3.05) is 10.6 Å². The predicted molar refractivity (Wildman–Crippen MR) is 91.9 cm³/mol. The Morgan fingerprint density at radius 1 is 1.17 bits per heavy atom. The van der Waals surface area contributed by atoms with Gasteiger partial charge in [0.15, 0.2) is 5.60 Å². The lowest BCUT2D eigenvalue weighted by molar-refractivity contribution is -0.129. The Labute approximate surface area is 142 Å². The Hall–Kier alpha value is -2.34. The van der Waals surface area contributed by atoms with Crippen LogP contribution < -0.4 is 15.4 Å². The molecule has 118 valence electrons. The van der Waals surface area contributed by atoms with E-state index >= 15 is 0 Å². The topological polar surface area (TPSA) is 67.4 Å². The van der Waals surface area contributed by atoms with Gasteiger partial charge in [0, 0.05) is 4.47 Å². The Kier molecular flexibility index (Phi) is 3.85. The van der Waals surface area contributed by atoms with Crippen LogP contribution in [0.2, 0.25) is 0 Å². The van der Waals surface area contributed by atoms with E-state index in [0.29, 0.717) is 27.2 Å². The highest BCUT2D eigenvalue weighted by atomic mass is 79.9. The molecule has 0 saturated carbocycles. The second-order valence-electron chi connectivity index (χ2n) is 5.68. The summed E-state index contributed by atoms with van der Waals surface area (Å²) in [7, 11) is 0. The SMILES string of the molecule is CC1(C)Oc2cccc(NC(=O)c3ccccc3Br)c2NC1=O. The second-order valence-corrected chi connectivity index (χ2v) is 6.53. The number of carbonyl (C=O) groups is 2. The van der Waals surface area contributed by atoms with Crippen LogP contribution in [-0.2, 0) is 4.79 Å². The van der Waals surface area contributed by atoms with Gasteiger partial charge in [0.25, 0.3) is 11.8 Å². The van der Waals surface area contributed by atoms with Crippen molar-refractivity contribution in [2.24, 2.45) is 0 Å². The van der Waals surface area contributed by atoms with E-state index in [-0.39, 0.29) is 11.8 Å². The Morgan fingerprint density at radius 3 is 2.65 bits per heavy atom. The minimum atomic E-state index is -0.946. The van der Waals surface area contributed by atoms with Crippen molar-refractivity contribution in [1.29, 1.82) is 0 Å². The molecule has 0 spiro atoms. The predicted octanol–water partition coefficient (Wildman–Crippen LogP) is 3.81. The first-order valence-corrected chi connectivity index (χ1v) is 7.87. The van der Waals surface area contributed by atoms with E-state index in [1.165, 1.54) is 0 Å². The molecule has 0 atom stereocenters. The fourth-order valence-corrected chi connectivity index (χ4v) is 2.73. The zero-order valence-electron chi connectivity index (χ0n) is 12.6. The highest BCUT2D eigenvalue weighted by molar-refractivity contribution is 9.10. The van der Waals surface area contributed by atoms with Crippen LogP contribution in [0.5, 0.6) is 5.75 Å². The second kappa shape index (κ2) is 5.70. The van der Waals surface area contributed by atoms with Gasteiger partial charge in [-0.3, -0.25) is 9.59 Å². The van der Waals surface area contributed by atoms with Gasteiger partial charge in [0.1, 0.15) is 11.4 Å². The number of hydrogen-bond acceptors (Lipinski definition) is 3. The summed E-state index contributed by atoms with van der Waals surface area (Å²) in [5.74, 6) is -0.00271. The van der Waals surface area contributed by atoms with Gasteiger partial charge in [-0.2, -0.15) is 0 Å². The van der Waals surface area contributed by atoms with Crippen molar-refractivity contribution < 1.29 is 14.3 Å². The number of amides is 2. The first kappa shape index (κ1) is 15.6. The number of para-hydroxylation sites is 1. The number of fused-ring (bicyclic) bond motifs is 1. The van der Waals surface area contributed by atoms with Crippen LogP contribution in [-0.4, -0.2) is 17.4 Å². The maximum absolute atomic E-state index is 12.4. The maximum atomic E-state index is 12.4. The molecule has 5 nitrogen and oxygen atoms in total. The summed E-state index contributed by atoms with van der Waals surface area (Å²) in [5.41, 5.74) is 0.524. The van der Waals surface area contributed by atoms with E-state index in [2.05, 4.69) is 26.6 Å². The number of halogens is 1. The van der Waals surface area contributed by atoms with Crippen LogP contribution in [0.4, 0.5) is 11.4 Å². The van der Waals surface area contributed by atoms with Gasteiger partial charge >= 0.3 is 0 Å². The lowest BCUT2D eigenvalue weighted by Gasteiger charge is -2.32. The average Bonchev–Trinajstić information content (AvgIpc) is 2.49. The monoisotopic (exact) mass is 374 g/mol. The molecule has 0 aromatic heterocycles. The molecule has 0 fully saturated rings. The van der Waals surface area contributed by atoms with Gasteiger partial charge in [-0.05, 0) is 54.0 Å². The molecule has 6 heteroatoms. The molecular formula is C17H15BrN2O3. The van der Waals surface area contributed by atoms with Crippen molar-refractivity contribution in [3.8, 4) is 5.75 Å². The van der Waals surface area contributed by atoms with Crippen LogP contribution in [0.3, 0.4) is 0 Å². The highest BCUT2D eigenvalue weighted by Gasteiger charge is 2.36. The van der Waals surface area contributed by atoms with Gasteiger partial charge in [0.2, 0.25) is 0 Å². The first-order chi connectivity index (χ1) is 10.9. The maximum Gasteiger partial charge on any atom is 0.268 e. The van der Waals surface area contributed by atoms with Crippen LogP contribution in [0.25, 0.3) is 0 Å². The minimum Gasteiger partial charge on any atom is -0.476 e. The zero-order valence-corrected chi connectivity index (χ0v) is 14.2. The number of benzene rings is 2. The quantitative estimate of drug-likeness (QED) is 0.839. The molecule has 1 aliphatic rings. The van der Waals surface area contributed by atoms with Gasteiger partial charge in [-0.1, -0.05) is 18.2 Å². The fraction of sp³-hybridized carbons (Fsp3) is 0.176. The van der Waals surface area contributed by atoms with Crippen molar-refractivity contribution in [3.05, 3.63) is 52.5 Å². The standard InChI is InChI=1S/C17H15BrN2O3/c1-17(2)16(22)20-14-12(8-5-9-13(14)23-17)19-15(21)10-6-3-4-7-11(10)18/h3-9H,1-2H3,(H,19,21)(H,20,22). The molecule has 1 aliphatic heterocycles. The lowest BCUT2D eigenvalue weighted by atomic mass is 10.1. The van der Waals surface area contributed by atoms with Crippen molar-refractivity contribution in [3.63, 3.8) is 0 Å². The largest absolute Gasteiger partial charge is 0.476 e. The van der Waals surface area contributed by atoms with Gasteiger partial charge in [-0.25, -0.2) is 0 Å². The zero-order chi connectivity index (χ0) is 16.6.